The fourth-order valence-corrected chi connectivity index (χ4v) is 3.10. The molecule has 0 saturated carbocycles. The summed E-state index contributed by atoms with van der Waals surface area (Å²) in [5.41, 5.74) is -0.564. The molecule has 0 aromatic heterocycles. The van der Waals surface area contributed by atoms with Crippen LogP contribution in [0.4, 0.5) is 4.79 Å². The van der Waals surface area contributed by atoms with Gasteiger partial charge >= 0.3 is 6.09 Å². The summed E-state index contributed by atoms with van der Waals surface area (Å²) in [6.07, 6.45) is 2.53. The Morgan fingerprint density at radius 2 is 2.05 bits per heavy atom. The molecular weight excluding hydrogens is 270 g/mol. The van der Waals surface area contributed by atoms with Crippen LogP contribution in [0.3, 0.4) is 0 Å². The van der Waals surface area contributed by atoms with Gasteiger partial charge in [0.15, 0.2) is 0 Å². The van der Waals surface area contributed by atoms with Crippen LogP contribution in [0.15, 0.2) is 0 Å². The van der Waals surface area contributed by atoms with Crippen molar-refractivity contribution in [1.82, 2.24) is 15.5 Å². The van der Waals surface area contributed by atoms with Crippen LogP contribution in [-0.2, 0) is 9.53 Å². The first-order valence-electron chi connectivity index (χ1n) is 7.80. The number of hydrogen-bond donors (Lipinski definition) is 2. The van der Waals surface area contributed by atoms with E-state index in [1.165, 1.54) is 0 Å². The van der Waals surface area contributed by atoms with Gasteiger partial charge in [-0.2, -0.15) is 0 Å². The number of nitrogens with zero attached hydrogens (tertiary/aromatic N) is 1. The van der Waals surface area contributed by atoms with Gasteiger partial charge < -0.3 is 20.3 Å². The Morgan fingerprint density at radius 3 is 2.71 bits per heavy atom. The van der Waals surface area contributed by atoms with Crippen LogP contribution in [0.1, 0.15) is 47.0 Å². The third-order valence-electron chi connectivity index (χ3n) is 4.03. The van der Waals surface area contributed by atoms with Crippen molar-refractivity contribution in [1.29, 1.82) is 0 Å². The van der Waals surface area contributed by atoms with E-state index in [0.29, 0.717) is 12.6 Å². The molecule has 0 aromatic rings. The zero-order valence-corrected chi connectivity index (χ0v) is 13.4. The van der Waals surface area contributed by atoms with E-state index in [1.54, 1.807) is 0 Å². The first kappa shape index (κ1) is 16.1. The fourth-order valence-electron chi connectivity index (χ4n) is 3.10. The van der Waals surface area contributed by atoms with Gasteiger partial charge in [0.25, 0.3) is 0 Å². The molecule has 2 amide bonds. The lowest BCUT2D eigenvalue weighted by Gasteiger charge is -2.35. The number of carbonyl (C=O) groups excluding carboxylic acids is 2. The van der Waals surface area contributed by atoms with Gasteiger partial charge in [-0.15, -0.1) is 0 Å². The molecule has 2 N–H and O–H groups in total. The van der Waals surface area contributed by atoms with Gasteiger partial charge in [-0.1, -0.05) is 0 Å². The summed E-state index contributed by atoms with van der Waals surface area (Å²) in [5, 5.41) is 5.96. The normalized spacial score (nSPS) is 30.4. The Balaban J connectivity index is 2.03. The fraction of sp³-hybridized carbons (Fsp3) is 0.867. The molecule has 3 atom stereocenters. The molecule has 0 spiro atoms. The van der Waals surface area contributed by atoms with E-state index in [1.807, 2.05) is 25.7 Å². The van der Waals surface area contributed by atoms with Gasteiger partial charge in [-0.05, 0) is 53.5 Å². The van der Waals surface area contributed by atoms with E-state index in [0.717, 1.165) is 25.8 Å². The number of ether oxygens (including phenoxy) is 1. The number of fused-ring (bicyclic) bond motifs is 1. The lowest BCUT2D eigenvalue weighted by Crippen LogP contribution is -2.58. The number of rotatable bonds is 1. The molecule has 0 aliphatic carbocycles. The van der Waals surface area contributed by atoms with Gasteiger partial charge in [0.1, 0.15) is 11.6 Å². The maximum absolute atomic E-state index is 12.7. The van der Waals surface area contributed by atoms with Gasteiger partial charge in [-0.25, -0.2) is 4.79 Å². The summed E-state index contributed by atoms with van der Waals surface area (Å²) in [6.45, 7) is 8.83. The molecule has 120 valence electrons. The molecular formula is C15H27N3O3. The van der Waals surface area contributed by atoms with Crippen molar-refractivity contribution in [3.63, 3.8) is 0 Å². The van der Waals surface area contributed by atoms with Crippen LogP contribution < -0.4 is 10.6 Å². The molecule has 2 fully saturated rings. The van der Waals surface area contributed by atoms with Crippen molar-refractivity contribution in [3.8, 4) is 0 Å². The molecule has 2 rings (SSSR count). The molecule has 0 aromatic carbocycles. The Labute approximate surface area is 126 Å². The maximum atomic E-state index is 12.7. The number of amides is 2. The highest BCUT2D eigenvalue weighted by atomic mass is 16.6. The molecule has 0 radical (unpaired) electrons. The van der Waals surface area contributed by atoms with Gasteiger partial charge in [0, 0.05) is 18.6 Å². The van der Waals surface area contributed by atoms with E-state index in [-0.39, 0.29) is 11.9 Å². The van der Waals surface area contributed by atoms with Crippen LogP contribution in [0.2, 0.25) is 0 Å². The van der Waals surface area contributed by atoms with Crippen LogP contribution in [0, 0.1) is 0 Å². The zero-order chi connectivity index (χ0) is 15.6. The Morgan fingerprint density at radius 1 is 1.33 bits per heavy atom. The van der Waals surface area contributed by atoms with E-state index in [4.69, 9.17) is 4.74 Å². The molecule has 0 bridgehead atoms. The standard InChI is InChI=1S/C15H27N3O3/c1-10-5-6-11-7-8-16-9-12(13(19)18(10)11)17-14(20)21-15(2,3)4/h10-12,16H,5-9H2,1-4H3,(H,17,20). The number of hydrogen-bond acceptors (Lipinski definition) is 4. The van der Waals surface area contributed by atoms with Crippen LogP contribution in [-0.4, -0.2) is 53.7 Å². The van der Waals surface area contributed by atoms with Crippen molar-refractivity contribution in [3.05, 3.63) is 0 Å². The zero-order valence-electron chi connectivity index (χ0n) is 13.4. The van der Waals surface area contributed by atoms with Crippen LogP contribution in [0.5, 0.6) is 0 Å². The summed E-state index contributed by atoms with van der Waals surface area (Å²) < 4.78 is 5.25. The molecule has 3 unspecified atom stereocenters. The van der Waals surface area contributed by atoms with E-state index in [2.05, 4.69) is 17.6 Å². The van der Waals surface area contributed by atoms with Gasteiger partial charge in [0.2, 0.25) is 5.91 Å². The predicted molar refractivity (Wildman–Crippen MR) is 80.0 cm³/mol. The molecule has 6 heteroatoms. The van der Waals surface area contributed by atoms with Crippen molar-refractivity contribution in [2.24, 2.45) is 0 Å². The summed E-state index contributed by atoms with van der Waals surface area (Å²) in [7, 11) is 0. The van der Waals surface area contributed by atoms with Crippen molar-refractivity contribution >= 4 is 12.0 Å². The van der Waals surface area contributed by atoms with E-state index >= 15 is 0 Å². The van der Waals surface area contributed by atoms with Crippen LogP contribution in [0.25, 0.3) is 0 Å². The minimum atomic E-state index is -0.564. The molecule has 2 heterocycles. The smallest absolute Gasteiger partial charge is 0.408 e. The SMILES string of the molecule is CC1CCC2CCNCC(NC(=O)OC(C)(C)C)C(=O)N12. The summed E-state index contributed by atoms with van der Waals surface area (Å²) >= 11 is 0. The quantitative estimate of drug-likeness (QED) is 0.764. The second-order valence-corrected chi connectivity index (χ2v) is 7.02. The molecule has 2 aliphatic heterocycles. The maximum Gasteiger partial charge on any atom is 0.408 e. The summed E-state index contributed by atoms with van der Waals surface area (Å²) in [5.74, 6) is 0.00283. The molecule has 6 nitrogen and oxygen atoms in total. The minimum Gasteiger partial charge on any atom is -0.444 e. The predicted octanol–water partition coefficient (Wildman–Crippen LogP) is 1.25. The largest absolute Gasteiger partial charge is 0.444 e. The second-order valence-electron chi connectivity index (χ2n) is 7.02. The average Bonchev–Trinajstić information content (AvgIpc) is 2.69. The topological polar surface area (TPSA) is 70.7 Å². The van der Waals surface area contributed by atoms with E-state index in [9.17, 15) is 9.59 Å². The second kappa shape index (κ2) is 6.22. The number of alkyl carbamates (subject to hydrolysis) is 1. The van der Waals surface area contributed by atoms with Crippen molar-refractivity contribution in [2.75, 3.05) is 13.1 Å². The number of carbonyl (C=O) groups is 2. The van der Waals surface area contributed by atoms with Crippen LogP contribution >= 0.6 is 0 Å². The molecule has 2 saturated heterocycles. The molecule has 2 aliphatic rings. The summed E-state index contributed by atoms with van der Waals surface area (Å²) in [6, 6.07) is -0.00465. The van der Waals surface area contributed by atoms with Crippen molar-refractivity contribution < 1.29 is 14.3 Å². The lowest BCUT2D eigenvalue weighted by atomic mass is 10.1. The third-order valence-corrected chi connectivity index (χ3v) is 4.03. The summed E-state index contributed by atoms with van der Waals surface area (Å²) in [4.78, 5) is 26.6. The van der Waals surface area contributed by atoms with E-state index < -0.39 is 17.7 Å². The lowest BCUT2D eigenvalue weighted by molar-refractivity contribution is -0.136. The Kier molecular flexibility index (Phi) is 4.76. The highest BCUT2D eigenvalue weighted by Gasteiger charge is 2.39. The highest BCUT2D eigenvalue weighted by molar-refractivity contribution is 5.86. The molecule has 21 heavy (non-hydrogen) atoms. The first-order valence-corrected chi connectivity index (χ1v) is 7.80. The Bertz CT molecular complexity index is 405. The third kappa shape index (κ3) is 4.09. The highest BCUT2D eigenvalue weighted by Crippen LogP contribution is 2.27. The average molecular weight is 297 g/mol. The minimum absolute atomic E-state index is 0.00283. The number of nitrogens with one attached hydrogen (secondary N) is 2. The monoisotopic (exact) mass is 297 g/mol. The van der Waals surface area contributed by atoms with Gasteiger partial charge in [0.05, 0.1) is 0 Å². The van der Waals surface area contributed by atoms with Gasteiger partial charge in [-0.3, -0.25) is 4.79 Å². The first-order chi connectivity index (χ1) is 9.78. The Hall–Kier alpha value is -1.30. The van der Waals surface area contributed by atoms with Crippen molar-refractivity contribution in [2.45, 2.75) is 70.7 Å².